The minimum atomic E-state index is 0.00987. The van der Waals surface area contributed by atoms with Gasteiger partial charge in [-0.05, 0) is 55.7 Å². The van der Waals surface area contributed by atoms with Crippen molar-refractivity contribution in [1.29, 1.82) is 0 Å². The van der Waals surface area contributed by atoms with Crippen molar-refractivity contribution in [2.24, 2.45) is 11.8 Å². The third-order valence-electron chi connectivity index (χ3n) is 5.84. The van der Waals surface area contributed by atoms with Crippen molar-refractivity contribution in [3.05, 3.63) is 66.5 Å². The monoisotopic (exact) mass is 372 g/mol. The molecule has 3 aromatic rings. The van der Waals surface area contributed by atoms with Gasteiger partial charge in [0.05, 0.1) is 5.69 Å². The molecule has 5 heteroatoms. The SMILES string of the molecule is CN(C(=O)c1cc(-c2ccccc2)n(-c2ccccn2)n1)C(C1CC1)C1CC1. The van der Waals surface area contributed by atoms with Crippen molar-refractivity contribution in [1.82, 2.24) is 19.7 Å². The fourth-order valence-corrected chi connectivity index (χ4v) is 4.16. The van der Waals surface area contributed by atoms with Gasteiger partial charge in [0, 0.05) is 24.8 Å². The molecule has 2 aromatic heterocycles. The molecule has 2 saturated carbocycles. The van der Waals surface area contributed by atoms with E-state index >= 15 is 0 Å². The summed E-state index contributed by atoms with van der Waals surface area (Å²) in [4.78, 5) is 19.7. The molecule has 1 aromatic carbocycles. The van der Waals surface area contributed by atoms with Crippen LogP contribution in [0.5, 0.6) is 0 Å². The average molecular weight is 372 g/mol. The number of aromatic nitrogens is 3. The van der Waals surface area contributed by atoms with Gasteiger partial charge >= 0.3 is 0 Å². The highest BCUT2D eigenvalue weighted by Gasteiger charge is 2.45. The minimum absolute atomic E-state index is 0.00987. The Hall–Kier alpha value is -2.95. The Kier molecular flexibility index (Phi) is 4.23. The van der Waals surface area contributed by atoms with E-state index in [4.69, 9.17) is 0 Å². The Balaban J connectivity index is 1.53. The largest absolute Gasteiger partial charge is 0.337 e. The maximum absolute atomic E-state index is 13.3. The smallest absolute Gasteiger partial charge is 0.274 e. The number of carbonyl (C=O) groups is 1. The first-order valence-electron chi connectivity index (χ1n) is 10.1. The summed E-state index contributed by atoms with van der Waals surface area (Å²) in [5.74, 6) is 2.07. The molecule has 28 heavy (non-hydrogen) atoms. The molecule has 2 aliphatic carbocycles. The number of hydrogen-bond donors (Lipinski definition) is 0. The van der Waals surface area contributed by atoms with Gasteiger partial charge < -0.3 is 4.90 Å². The first-order chi connectivity index (χ1) is 13.7. The van der Waals surface area contributed by atoms with E-state index in [9.17, 15) is 4.79 Å². The maximum Gasteiger partial charge on any atom is 0.274 e. The molecule has 1 amide bonds. The molecular formula is C23H24N4O. The van der Waals surface area contributed by atoms with Gasteiger partial charge in [-0.3, -0.25) is 4.79 Å². The first-order valence-corrected chi connectivity index (χ1v) is 10.1. The molecule has 5 nitrogen and oxygen atoms in total. The van der Waals surface area contributed by atoms with Crippen LogP contribution in [-0.4, -0.2) is 38.7 Å². The quantitative estimate of drug-likeness (QED) is 0.652. The molecule has 0 unspecified atom stereocenters. The van der Waals surface area contributed by atoms with Gasteiger partial charge in [0.15, 0.2) is 11.5 Å². The van der Waals surface area contributed by atoms with Crippen LogP contribution in [0.25, 0.3) is 17.1 Å². The summed E-state index contributed by atoms with van der Waals surface area (Å²) in [5, 5.41) is 4.68. The highest BCUT2D eigenvalue weighted by Crippen LogP contribution is 2.47. The third-order valence-corrected chi connectivity index (χ3v) is 5.84. The van der Waals surface area contributed by atoms with Crippen molar-refractivity contribution in [2.45, 2.75) is 31.7 Å². The molecule has 0 N–H and O–H groups in total. The number of rotatable bonds is 6. The highest BCUT2D eigenvalue weighted by atomic mass is 16.2. The molecule has 0 saturated heterocycles. The topological polar surface area (TPSA) is 51.0 Å². The summed E-state index contributed by atoms with van der Waals surface area (Å²) in [6.07, 6.45) is 6.73. The number of pyridine rings is 1. The zero-order valence-electron chi connectivity index (χ0n) is 16.0. The summed E-state index contributed by atoms with van der Waals surface area (Å²) in [6.45, 7) is 0. The van der Waals surface area contributed by atoms with E-state index in [0.717, 1.165) is 11.3 Å². The molecule has 142 valence electrons. The van der Waals surface area contributed by atoms with E-state index in [1.807, 2.05) is 66.5 Å². The van der Waals surface area contributed by atoms with Crippen molar-refractivity contribution in [3.63, 3.8) is 0 Å². The predicted molar refractivity (Wildman–Crippen MR) is 108 cm³/mol. The van der Waals surface area contributed by atoms with E-state index in [0.29, 0.717) is 29.4 Å². The molecular weight excluding hydrogens is 348 g/mol. The second-order valence-electron chi connectivity index (χ2n) is 7.96. The van der Waals surface area contributed by atoms with Crippen molar-refractivity contribution in [2.75, 3.05) is 7.05 Å². The average Bonchev–Trinajstić information content (AvgIpc) is 3.68. The van der Waals surface area contributed by atoms with Gasteiger partial charge in [0.1, 0.15) is 0 Å². The van der Waals surface area contributed by atoms with E-state index in [-0.39, 0.29) is 5.91 Å². The Morgan fingerprint density at radius 2 is 1.71 bits per heavy atom. The molecule has 2 fully saturated rings. The van der Waals surface area contributed by atoms with Crippen LogP contribution in [0.2, 0.25) is 0 Å². The van der Waals surface area contributed by atoms with E-state index in [1.165, 1.54) is 25.7 Å². The lowest BCUT2D eigenvalue weighted by atomic mass is 10.1. The lowest BCUT2D eigenvalue weighted by Crippen LogP contribution is -2.40. The van der Waals surface area contributed by atoms with Gasteiger partial charge in [-0.2, -0.15) is 5.10 Å². The predicted octanol–water partition coefficient (Wildman–Crippen LogP) is 4.19. The van der Waals surface area contributed by atoms with Crippen LogP contribution >= 0.6 is 0 Å². The Labute approximate surface area is 165 Å². The summed E-state index contributed by atoms with van der Waals surface area (Å²) in [5.41, 5.74) is 2.38. The molecule has 0 bridgehead atoms. The van der Waals surface area contributed by atoms with E-state index in [2.05, 4.69) is 10.1 Å². The molecule has 2 heterocycles. The Morgan fingerprint density at radius 3 is 2.32 bits per heavy atom. The van der Waals surface area contributed by atoms with Gasteiger partial charge in [-0.15, -0.1) is 0 Å². The van der Waals surface area contributed by atoms with E-state index < -0.39 is 0 Å². The summed E-state index contributed by atoms with van der Waals surface area (Å²) >= 11 is 0. The summed E-state index contributed by atoms with van der Waals surface area (Å²) in [7, 11) is 1.95. The maximum atomic E-state index is 13.3. The van der Waals surface area contributed by atoms with Crippen LogP contribution in [0, 0.1) is 11.8 Å². The van der Waals surface area contributed by atoms with Crippen LogP contribution in [0.1, 0.15) is 36.2 Å². The zero-order valence-corrected chi connectivity index (χ0v) is 16.0. The highest BCUT2D eigenvalue weighted by molar-refractivity contribution is 5.93. The number of hydrogen-bond acceptors (Lipinski definition) is 3. The molecule has 0 spiro atoms. The van der Waals surface area contributed by atoms with Crippen molar-refractivity contribution in [3.8, 4) is 17.1 Å². The molecule has 0 aliphatic heterocycles. The van der Waals surface area contributed by atoms with E-state index in [1.54, 1.807) is 10.9 Å². The van der Waals surface area contributed by atoms with Crippen molar-refractivity contribution >= 4 is 5.91 Å². The molecule has 0 atom stereocenters. The summed E-state index contributed by atoms with van der Waals surface area (Å²) in [6, 6.07) is 18.0. The first kappa shape index (κ1) is 17.2. The second kappa shape index (κ2) is 6.89. The van der Waals surface area contributed by atoms with Crippen LogP contribution < -0.4 is 0 Å². The van der Waals surface area contributed by atoms with Gasteiger partial charge in [0.2, 0.25) is 0 Å². The lowest BCUT2D eigenvalue weighted by molar-refractivity contribution is 0.0683. The Morgan fingerprint density at radius 1 is 1.04 bits per heavy atom. The lowest BCUT2D eigenvalue weighted by Gasteiger charge is -2.27. The molecule has 5 rings (SSSR count). The normalized spacial score (nSPS) is 16.4. The standard InChI is InChI=1S/C23H24N4O/c1-26(22(17-10-11-17)18-12-13-18)23(28)19-15-20(16-7-3-2-4-8-16)27(25-19)21-9-5-6-14-24-21/h2-9,14-15,17-18,22H,10-13H2,1H3. The molecule has 2 aliphatic rings. The van der Waals surface area contributed by atoms with Gasteiger partial charge in [0.25, 0.3) is 5.91 Å². The van der Waals surface area contributed by atoms with Gasteiger partial charge in [-0.25, -0.2) is 9.67 Å². The second-order valence-corrected chi connectivity index (χ2v) is 7.96. The number of amides is 1. The third kappa shape index (κ3) is 3.21. The van der Waals surface area contributed by atoms with Gasteiger partial charge in [-0.1, -0.05) is 36.4 Å². The summed E-state index contributed by atoms with van der Waals surface area (Å²) < 4.78 is 1.78. The number of carbonyl (C=O) groups excluding carboxylic acids is 1. The fourth-order valence-electron chi connectivity index (χ4n) is 4.16. The fraction of sp³-hybridized carbons (Fsp3) is 0.348. The molecule has 0 radical (unpaired) electrons. The number of benzene rings is 1. The van der Waals surface area contributed by atoms with Crippen molar-refractivity contribution < 1.29 is 4.79 Å². The Bertz CT molecular complexity index is 905. The zero-order chi connectivity index (χ0) is 19.1. The van der Waals surface area contributed by atoms with Crippen LogP contribution in [0.15, 0.2) is 60.8 Å². The van der Waals surface area contributed by atoms with Crippen LogP contribution in [-0.2, 0) is 0 Å². The minimum Gasteiger partial charge on any atom is -0.337 e. The van der Waals surface area contributed by atoms with Crippen LogP contribution in [0.3, 0.4) is 0 Å². The van der Waals surface area contributed by atoms with Crippen LogP contribution in [0.4, 0.5) is 0 Å². The number of nitrogens with zero attached hydrogens (tertiary/aromatic N) is 4.